The summed E-state index contributed by atoms with van der Waals surface area (Å²) in [5, 5.41) is 5.89. The molecule has 0 bridgehead atoms. The normalized spacial score (nSPS) is 16.5. The highest BCUT2D eigenvalue weighted by Gasteiger charge is 2.36. The Balaban J connectivity index is 2.03. The Labute approximate surface area is 113 Å². The van der Waals surface area contributed by atoms with Crippen molar-refractivity contribution >= 4 is 17.3 Å². The molecule has 0 radical (unpaired) electrons. The second-order valence-electron chi connectivity index (χ2n) is 4.98. The van der Waals surface area contributed by atoms with Crippen LogP contribution in [0.15, 0.2) is 18.2 Å². The van der Waals surface area contributed by atoms with Crippen LogP contribution in [0.3, 0.4) is 0 Å². The van der Waals surface area contributed by atoms with Gasteiger partial charge in [0.15, 0.2) is 0 Å². The first-order valence-electron chi connectivity index (χ1n) is 6.51. The fourth-order valence-corrected chi connectivity index (χ4v) is 2.29. The lowest BCUT2D eigenvalue weighted by Crippen LogP contribution is -2.45. The molecule has 0 heterocycles. The van der Waals surface area contributed by atoms with Crippen LogP contribution in [0.4, 0.5) is 11.4 Å². The molecule has 0 atom stereocenters. The lowest BCUT2D eigenvalue weighted by atomic mass is 9.80. The van der Waals surface area contributed by atoms with Crippen molar-refractivity contribution in [3.8, 4) is 0 Å². The highest BCUT2D eigenvalue weighted by atomic mass is 16.5. The molecule has 1 fully saturated rings. The van der Waals surface area contributed by atoms with Gasteiger partial charge in [-0.05, 0) is 37.5 Å². The van der Waals surface area contributed by atoms with E-state index in [9.17, 15) is 4.79 Å². The van der Waals surface area contributed by atoms with Crippen molar-refractivity contribution in [3.05, 3.63) is 23.8 Å². The predicted molar refractivity (Wildman–Crippen MR) is 76.3 cm³/mol. The molecule has 0 unspecified atom stereocenters. The number of amides is 1. The largest absolute Gasteiger partial charge is 0.397 e. The van der Waals surface area contributed by atoms with Gasteiger partial charge >= 0.3 is 0 Å². The molecule has 0 aromatic heterocycles. The van der Waals surface area contributed by atoms with E-state index in [0.29, 0.717) is 11.3 Å². The van der Waals surface area contributed by atoms with Gasteiger partial charge in [-0.25, -0.2) is 0 Å². The molecule has 1 aliphatic rings. The van der Waals surface area contributed by atoms with Gasteiger partial charge in [0, 0.05) is 26.3 Å². The number of hydrogen-bond donors (Lipinski definition) is 3. The predicted octanol–water partition coefficient (Wildman–Crippen LogP) is 1.61. The van der Waals surface area contributed by atoms with Crippen LogP contribution in [0.1, 0.15) is 29.6 Å². The number of nitrogens with one attached hydrogen (secondary N) is 2. The molecule has 19 heavy (non-hydrogen) atoms. The van der Waals surface area contributed by atoms with Crippen molar-refractivity contribution < 1.29 is 9.53 Å². The zero-order chi connectivity index (χ0) is 13.9. The lowest BCUT2D eigenvalue weighted by molar-refractivity contribution is -0.0601. The molecule has 1 aromatic rings. The number of nitrogens with two attached hydrogens (primary N) is 1. The second kappa shape index (κ2) is 5.48. The third-order valence-electron chi connectivity index (χ3n) is 3.84. The maximum absolute atomic E-state index is 11.5. The summed E-state index contributed by atoms with van der Waals surface area (Å²) in [6, 6.07) is 5.28. The SMILES string of the molecule is CNC(=O)c1ccc(NCC2(OC)CCC2)c(N)c1. The van der Waals surface area contributed by atoms with Crippen LogP contribution in [-0.2, 0) is 4.74 Å². The molecule has 0 aliphatic heterocycles. The van der Waals surface area contributed by atoms with Crippen LogP contribution < -0.4 is 16.4 Å². The molecule has 5 heteroatoms. The van der Waals surface area contributed by atoms with Gasteiger partial charge in [-0.2, -0.15) is 0 Å². The minimum Gasteiger partial charge on any atom is -0.397 e. The summed E-state index contributed by atoms with van der Waals surface area (Å²) in [6.07, 6.45) is 3.36. The Hall–Kier alpha value is -1.75. The Kier molecular flexibility index (Phi) is 3.95. The third kappa shape index (κ3) is 2.81. The molecule has 1 saturated carbocycles. The summed E-state index contributed by atoms with van der Waals surface area (Å²) >= 11 is 0. The quantitative estimate of drug-likeness (QED) is 0.705. The lowest BCUT2D eigenvalue weighted by Gasteiger charge is -2.40. The molecule has 0 spiro atoms. The fourth-order valence-electron chi connectivity index (χ4n) is 2.29. The van der Waals surface area contributed by atoms with E-state index in [2.05, 4.69) is 10.6 Å². The standard InChI is InChI=1S/C14H21N3O2/c1-16-13(18)10-4-5-12(11(15)8-10)17-9-14(19-2)6-3-7-14/h4-5,8,17H,3,6-7,9,15H2,1-2H3,(H,16,18). The Bertz CT molecular complexity index is 464. The van der Waals surface area contributed by atoms with Gasteiger partial charge in [0.25, 0.3) is 5.91 Å². The zero-order valence-corrected chi connectivity index (χ0v) is 11.5. The van der Waals surface area contributed by atoms with E-state index in [1.54, 1.807) is 26.3 Å². The highest BCUT2D eigenvalue weighted by molar-refractivity contribution is 5.95. The molecule has 4 N–H and O–H groups in total. The van der Waals surface area contributed by atoms with Crippen molar-refractivity contribution in [2.24, 2.45) is 0 Å². The van der Waals surface area contributed by atoms with Crippen LogP contribution >= 0.6 is 0 Å². The number of ether oxygens (including phenoxy) is 1. The topological polar surface area (TPSA) is 76.4 Å². The van der Waals surface area contributed by atoms with E-state index < -0.39 is 0 Å². The Morgan fingerprint density at radius 3 is 2.68 bits per heavy atom. The van der Waals surface area contributed by atoms with Crippen molar-refractivity contribution in [2.75, 3.05) is 31.8 Å². The average molecular weight is 263 g/mol. The van der Waals surface area contributed by atoms with Gasteiger partial charge in [-0.15, -0.1) is 0 Å². The molecule has 0 saturated heterocycles. The Morgan fingerprint density at radius 2 is 2.21 bits per heavy atom. The summed E-state index contributed by atoms with van der Waals surface area (Å²) in [6.45, 7) is 0.743. The first kappa shape index (κ1) is 13.7. The van der Waals surface area contributed by atoms with Gasteiger partial charge in [-0.1, -0.05) is 0 Å². The highest BCUT2D eigenvalue weighted by Crippen LogP contribution is 2.35. The molecule has 104 valence electrons. The van der Waals surface area contributed by atoms with E-state index in [-0.39, 0.29) is 11.5 Å². The van der Waals surface area contributed by atoms with Crippen molar-refractivity contribution in [1.82, 2.24) is 5.32 Å². The molecule has 2 rings (SSSR count). The summed E-state index contributed by atoms with van der Waals surface area (Å²) < 4.78 is 5.55. The van der Waals surface area contributed by atoms with Crippen LogP contribution in [0.5, 0.6) is 0 Å². The van der Waals surface area contributed by atoms with Crippen molar-refractivity contribution in [2.45, 2.75) is 24.9 Å². The van der Waals surface area contributed by atoms with Gasteiger partial charge in [-0.3, -0.25) is 4.79 Å². The zero-order valence-electron chi connectivity index (χ0n) is 11.5. The number of hydrogen-bond acceptors (Lipinski definition) is 4. The van der Waals surface area contributed by atoms with Gasteiger partial charge in [0.2, 0.25) is 0 Å². The van der Waals surface area contributed by atoms with Crippen LogP contribution in [0.25, 0.3) is 0 Å². The first-order valence-corrected chi connectivity index (χ1v) is 6.51. The number of nitrogen functional groups attached to an aromatic ring is 1. The van der Waals surface area contributed by atoms with E-state index >= 15 is 0 Å². The van der Waals surface area contributed by atoms with E-state index in [1.165, 1.54) is 6.42 Å². The third-order valence-corrected chi connectivity index (χ3v) is 3.84. The minimum atomic E-state index is -0.134. The molecule has 1 aromatic carbocycles. The number of benzene rings is 1. The average Bonchev–Trinajstić information content (AvgIpc) is 2.38. The summed E-state index contributed by atoms with van der Waals surface area (Å²) in [5.74, 6) is -0.134. The first-order chi connectivity index (χ1) is 9.10. The monoisotopic (exact) mass is 263 g/mol. The van der Waals surface area contributed by atoms with E-state index in [4.69, 9.17) is 10.5 Å². The van der Waals surface area contributed by atoms with Crippen molar-refractivity contribution in [1.29, 1.82) is 0 Å². The smallest absolute Gasteiger partial charge is 0.251 e. The second-order valence-corrected chi connectivity index (χ2v) is 4.98. The van der Waals surface area contributed by atoms with Crippen molar-refractivity contribution in [3.63, 3.8) is 0 Å². The van der Waals surface area contributed by atoms with Crippen LogP contribution in [0.2, 0.25) is 0 Å². The number of anilines is 2. The van der Waals surface area contributed by atoms with Crippen LogP contribution in [0, 0.1) is 0 Å². The molecular formula is C14H21N3O2. The van der Waals surface area contributed by atoms with E-state index in [0.717, 1.165) is 25.1 Å². The maximum Gasteiger partial charge on any atom is 0.251 e. The minimum absolute atomic E-state index is 0.0497. The maximum atomic E-state index is 11.5. The fraction of sp³-hybridized carbons (Fsp3) is 0.500. The number of carbonyl (C=O) groups excluding carboxylic acids is 1. The van der Waals surface area contributed by atoms with E-state index in [1.807, 2.05) is 6.07 Å². The molecule has 5 nitrogen and oxygen atoms in total. The summed E-state index contributed by atoms with van der Waals surface area (Å²) in [4.78, 5) is 11.5. The summed E-state index contributed by atoms with van der Waals surface area (Å²) in [5.41, 5.74) is 7.90. The molecule has 1 aliphatic carbocycles. The summed E-state index contributed by atoms with van der Waals surface area (Å²) in [7, 11) is 3.35. The Morgan fingerprint density at radius 1 is 1.47 bits per heavy atom. The number of methoxy groups -OCH3 is 1. The van der Waals surface area contributed by atoms with Gasteiger partial charge in [0.05, 0.1) is 17.0 Å². The van der Waals surface area contributed by atoms with Gasteiger partial charge in [0.1, 0.15) is 0 Å². The van der Waals surface area contributed by atoms with Crippen LogP contribution in [-0.4, -0.2) is 32.2 Å². The van der Waals surface area contributed by atoms with Gasteiger partial charge < -0.3 is 21.1 Å². The number of carbonyl (C=O) groups is 1. The molecule has 1 amide bonds. The number of rotatable bonds is 5. The molecular weight excluding hydrogens is 242 g/mol.